The zero-order valence-electron chi connectivity index (χ0n) is 13.7. The minimum Gasteiger partial charge on any atom is -0.508 e. The molecule has 1 N–H and O–H groups in total. The number of benzene rings is 1. The van der Waals surface area contributed by atoms with Gasteiger partial charge in [0.25, 0.3) is 5.91 Å². The van der Waals surface area contributed by atoms with Gasteiger partial charge in [-0.2, -0.15) is 0 Å². The number of phenols is 1. The summed E-state index contributed by atoms with van der Waals surface area (Å²) in [5, 5.41) is 13.5. The fourth-order valence-electron chi connectivity index (χ4n) is 3.20. The molecular formula is C17H23N3O3. The Balaban J connectivity index is 1.53. The van der Waals surface area contributed by atoms with E-state index in [1.54, 1.807) is 12.1 Å². The topological polar surface area (TPSA) is 65.4 Å². The van der Waals surface area contributed by atoms with Crippen LogP contribution in [0.1, 0.15) is 25.8 Å². The maximum Gasteiger partial charge on any atom is 0.269 e. The average Bonchev–Trinajstić information content (AvgIpc) is 2.88. The second-order valence-electron chi connectivity index (χ2n) is 6.56. The molecule has 6 nitrogen and oxygen atoms in total. The van der Waals surface area contributed by atoms with Crippen molar-refractivity contribution in [1.82, 2.24) is 9.80 Å². The van der Waals surface area contributed by atoms with Crippen LogP contribution in [0.4, 0.5) is 0 Å². The monoisotopic (exact) mass is 317 g/mol. The summed E-state index contributed by atoms with van der Waals surface area (Å²) in [5.41, 5.74) is 1.11. The van der Waals surface area contributed by atoms with Crippen LogP contribution in [0.2, 0.25) is 0 Å². The summed E-state index contributed by atoms with van der Waals surface area (Å²) >= 11 is 0. The second kappa shape index (κ2) is 6.20. The van der Waals surface area contributed by atoms with Gasteiger partial charge in [-0.05, 0) is 31.5 Å². The molecule has 1 amide bonds. The molecule has 1 fully saturated rings. The zero-order valence-corrected chi connectivity index (χ0v) is 13.7. The van der Waals surface area contributed by atoms with Crippen molar-refractivity contribution in [3.8, 4) is 5.75 Å². The number of rotatable bonds is 3. The van der Waals surface area contributed by atoms with E-state index in [9.17, 15) is 9.90 Å². The van der Waals surface area contributed by atoms with E-state index in [1.807, 2.05) is 30.9 Å². The van der Waals surface area contributed by atoms with E-state index in [4.69, 9.17) is 4.84 Å². The molecule has 124 valence electrons. The van der Waals surface area contributed by atoms with Gasteiger partial charge >= 0.3 is 0 Å². The molecule has 1 aromatic carbocycles. The van der Waals surface area contributed by atoms with Crippen LogP contribution >= 0.6 is 0 Å². The Morgan fingerprint density at radius 2 is 2.09 bits per heavy atom. The first-order chi connectivity index (χ1) is 11.0. The van der Waals surface area contributed by atoms with Gasteiger partial charge < -0.3 is 14.8 Å². The van der Waals surface area contributed by atoms with Gasteiger partial charge in [0.2, 0.25) is 5.60 Å². The van der Waals surface area contributed by atoms with E-state index < -0.39 is 5.60 Å². The van der Waals surface area contributed by atoms with Gasteiger partial charge in [-0.1, -0.05) is 17.3 Å². The van der Waals surface area contributed by atoms with Crippen molar-refractivity contribution in [3.63, 3.8) is 0 Å². The van der Waals surface area contributed by atoms with E-state index in [0.29, 0.717) is 19.5 Å². The van der Waals surface area contributed by atoms with Crippen LogP contribution in [0.3, 0.4) is 0 Å². The molecule has 0 unspecified atom stereocenters. The molecule has 0 bridgehead atoms. The Bertz CT molecular complexity index is 623. The van der Waals surface area contributed by atoms with Crippen molar-refractivity contribution < 1.29 is 14.7 Å². The van der Waals surface area contributed by atoms with Crippen LogP contribution < -0.4 is 0 Å². The normalized spacial score (nSPS) is 25.1. The lowest BCUT2D eigenvalue weighted by molar-refractivity contribution is -0.155. The molecule has 6 heteroatoms. The van der Waals surface area contributed by atoms with E-state index >= 15 is 0 Å². The van der Waals surface area contributed by atoms with Crippen molar-refractivity contribution >= 4 is 11.6 Å². The fraction of sp³-hybridized carbons (Fsp3) is 0.529. The Labute approximate surface area is 136 Å². The number of phenolic OH excluding ortho intramolecular Hbond substituents is 1. The number of oxime groups is 1. The van der Waals surface area contributed by atoms with E-state index in [-0.39, 0.29) is 11.7 Å². The Morgan fingerprint density at radius 3 is 2.70 bits per heavy atom. The predicted molar refractivity (Wildman–Crippen MR) is 87.2 cm³/mol. The minimum absolute atomic E-state index is 0.0232. The summed E-state index contributed by atoms with van der Waals surface area (Å²) in [7, 11) is 0. The molecule has 1 saturated heterocycles. The van der Waals surface area contributed by atoms with Crippen LogP contribution in [0, 0.1) is 0 Å². The van der Waals surface area contributed by atoms with Gasteiger partial charge in [-0.15, -0.1) is 0 Å². The van der Waals surface area contributed by atoms with Crippen molar-refractivity contribution in [1.29, 1.82) is 0 Å². The average molecular weight is 317 g/mol. The van der Waals surface area contributed by atoms with Crippen molar-refractivity contribution in [2.45, 2.75) is 32.4 Å². The van der Waals surface area contributed by atoms with Crippen molar-refractivity contribution in [2.24, 2.45) is 5.16 Å². The third-order valence-corrected chi connectivity index (χ3v) is 4.42. The standard InChI is InChI=1S/C17H23N3O3/c1-13-11-17(2,23-18-13)16(22)20-8-6-19(7-9-20)12-14-4-3-5-15(21)10-14/h3-5,10,21H,6-9,11-12H2,1-2H3/t17-/m0/s1. The molecule has 1 atom stereocenters. The number of hydrogen-bond acceptors (Lipinski definition) is 5. The minimum atomic E-state index is -0.836. The lowest BCUT2D eigenvalue weighted by atomic mass is 9.98. The molecule has 0 spiro atoms. The summed E-state index contributed by atoms with van der Waals surface area (Å²) in [6, 6.07) is 7.31. The maximum atomic E-state index is 12.7. The highest BCUT2D eigenvalue weighted by atomic mass is 16.7. The summed E-state index contributed by atoms with van der Waals surface area (Å²) in [5.74, 6) is 0.313. The summed E-state index contributed by atoms with van der Waals surface area (Å²) in [6.07, 6.45) is 0.565. The highest BCUT2D eigenvalue weighted by molar-refractivity contribution is 5.94. The molecule has 2 aliphatic heterocycles. The molecule has 23 heavy (non-hydrogen) atoms. The van der Waals surface area contributed by atoms with Gasteiger partial charge in [0.15, 0.2) is 0 Å². The van der Waals surface area contributed by atoms with Crippen LogP contribution in [0.5, 0.6) is 5.75 Å². The molecule has 0 aromatic heterocycles. The summed E-state index contributed by atoms with van der Waals surface area (Å²) in [4.78, 5) is 22.2. The lowest BCUT2D eigenvalue weighted by Crippen LogP contribution is -2.54. The third kappa shape index (κ3) is 3.47. The number of amides is 1. The largest absolute Gasteiger partial charge is 0.508 e. The van der Waals surface area contributed by atoms with Gasteiger partial charge in [0, 0.05) is 39.1 Å². The van der Waals surface area contributed by atoms with E-state index in [1.165, 1.54) is 0 Å². The lowest BCUT2D eigenvalue weighted by Gasteiger charge is -2.37. The zero-order chi connectivity index (χ0) is 16.4. The quantitative estimate of drug-likeness (QED) is 0.919. The molecule has 1 aromatic rings. The van der Waals surface area contributed by atoms with E-state index in [0.717, 1.165) is 30.9 Å². The highest BCUT2D eigenvalue weighted by Crippen LogP contribution is 2.26. The molecule has 0 aliphatic carbocycles. The predicted octanol–water partition coefficient (Wildman–Crippen LogP) is 1.59. The third-order valence-electron chi connectivity index (χ3n) is 4.42. The summed E-state index contributed by atoms with van der Waals surface area (Å²) < 4.78 is 0. The fourth-order valence-corrected chi connectivity index (χ4v) is 3.20. The Kier molecular flexibility index (Phi) is 4.26. The number of nitrogens with zero attached hydrogens (tertiary/aromatic N) is 3. The highest BCUT2D eigenvalue weighted by Gasteiger charge is 2.43. The summed E-state index contributed by atoms with van der Waals surface area (Å²) in [6.45, 7) is 7.49. The second-order valence-corrected chi connectivity index (χ2v) is 6.56. The number of carbonyl (C=O) groups excluding carboxylic acids is 1. The first-order valence-corrected chi connectivity index (χ1v) is 7.97. The smallest absolute Gasteiger partial charge is 0.269 e. The van der Waals surface area contributed by atoms with Crippen molar-refractivity contribution in [3.05, 3.63) is 29.8 Å². The van der Waals surface area contributed by atoms with Crippen LogP contribution in [-0.4, -0.2) is 58.3 Å². The number of hydrogen-bond donors (Lipinski definition) is 1. The molecule has 2 aliphatic rings. The molecule has 2 heterocycles. The van der Waals surface area contributed by atoms with Gasteiger partial charge in [-0.25, -0.2) is 0 Å². The maximum absolute atomic E-state index is 12.7. The molecular weight excluding hydrogens is 294 g/mol. The SMILES string of the molecule is CC1=NO[C@](C)(C(=O)N2CCN(Cc3cccc(O)c3)CC2)C1. The van der Waals surface area contributed by atoms with Crippen LogP contribution in [0.25, 0.3) is 0 Å². The molecule has 0 radical (unpaired) electrons. The first kappa shape index (κ1) is 15.8. The Hall–Kier alpha value is -2.08. The number of carbonyl (C=O) groups is 1. The van der Waals surface area contributed by atoms with Gasteiger partial charge in [0.05, 0.1) is 5.71 Å². The van der Waals surface area contributed by atoms with Crippen molar-refractivity contribution in [2.75, 3.05) is 26.2 Å². The first-order valence-electron chi connectivity index (χ1n) is 7.97. The van der Waals surface area contributed by atoms with Gasteiger partial charge in [0.1, 0.15) is 5.75 Å². The van der Waals surface area contributed by atoms with E-state index in [2.05, 4.69) is 10.1 Å². The number of piperazine rings is 1. The van der Waals surface area contributed by atoms with Crippen LogP contribution in [-0.2, 0) is 16.2 Å². The number of aromatic hydroxyl groups is 1. The Morgan fingerprint density at radius 1 is 1.35 bits per heavy atom. The van der Waals surface area contributed by atoms with Crippen LogP contribution in [0.15, 0.2) is 29.4 Å². The molecule has 0 saturated carbocycles. The van der Waals surface area contributed by atoms with Gasteiger partial charge in [-0.3, -0.25) is 9.69 Å². The molecule has 3 rings (SSSR count).